The van der Waals surface area contributed by atoms with Crippen molar-refractivity contribution in [3.8, 4) is 5.75 Å². The second kappa shape index (κ2) is 8.01. The number of hydrogen-bond acceptors (Lipinski definition) is 5. The molecule has 2 aromatic rings. The van der Waals surface area contributed by atoms with E-state index in [1.807, 2.05) is 12.1 Å². The number of rotatable bonds is 5. The summed E-state index contributed by atoms with van der Waals surface area (Å²) in [6.45, 7) is 9.71. The van der Waals surface area contributed by atoms with Crippen LogP contribution < -0.4 is 19.7 Å². The smallest absolute Gasteiger partial charge is 0.261 e. The average molecular weight is 404 g/mol. The maximum absolute atomic E-state index is 12.9. The van der Waals surface area contributed by atoms with Gasteiger partial charge in [-0.2, -0.15) is 0 Å². The normalized spacial score (nSPS) is 15.4. The van der Waals surface area contributed by atoms with Gasteiger partial charge in [0.25, 0.3) is 10.0 Å². The predicted octanol–water partition coefficient (Wildman–Crippen LogP) is 3.20. The standard InChI is InChI=1S/C21H29N3O3S/c1-21(2,3)16-5-7-17(8-6-16)23-28(25,26)18-9-10-20(27-4)19(15-18)24-13-11-22-12-14-24/h5-10,15,22-23H,11-14H2,1-4H3. The molecule has 0 unspecified atom stereocenters. The molecule has 0 saturated carbocycles. The van der Waals surface area contributed by atoms with Gasteiger partial charge in [0.15, 0.2) is 0 Å². The van der Waals surface area contributed by atoms with Crippen molar-refractivity contribution in [2.24, 2.45) is 0 Å². The van der Waals surface area contributed by atoms with Gasteiger partial charge in [0.05, 0.1) is 17.7 Å². The third-order valence-electron chi connectivity index (χ3n) is 4.92. The average Bonchev–Trinajstić information content (AvgIpc) is 2.67. The van der Waals surface area contributed by atoms with Gasteiger partial charge in [-0.15, -0.1) is 0 Å². The highest BCUT2D eigenvalue weighted by molar-refractivity contribution is 7.92. The van der Waals surface area contributed by atoms with Crippen LogP contribution in [0.2, 0.25) is 0 Å². The molecule has 1 aliphatic rings. The van der Waals surface area contributed by atoms with Crippen LogP contribution in [0.5, 0.6) is 5.75 Å². The van der Waals surface area contributed by atoms with E-state index in [1.54, 1.807) is 37.4 Å². The van der Waals surface area contributed by atoms with Crippen LogP contribution in [0.4, 0.5) is 11.4 Å². The molecule has 0 radical (unpaired) electrons. The summed E-state index contributed by atoms with van der Waals surface area (Å²) in [5.41, 5.74) is 2.52. The Bertz CT molecular complexity index is 913. The Labute approximate surface area is 168 Å². The number of hydrogen-bond donors (Lipinski definition) is 2. The molecule has 3 rings (SSSR count). The molecular weight excluding hydrogens is 374 g/mol. The zero-order valence-electron chi connectivity index (χ0n) is 17.0. The Balaban J connectivity index is 1.87. The summed E-state index contributed by atoms with van der Waals surface area (Å²) < 4.78 is 34.0. The fourth-order valence-electron chi connectivity index (χ4n) is 3.24. The van der Waals surface area contributed by atoms with E-state index in [2.05, 4.69) is 35.7 Å². The van der Waals surface area contributed by atoms with Crippen LogP contribution in [0, 0.1) is 0 Å². The third-order valence-corrected chi connectivity index (χ3v) is 6.30. The molecule has 0 aliphatic carbocycles. The lowest BCUT2D eigenvalue weighted by molar-refractivity contribution is 0.412. The van der Waals surface area contributed by atoms with Crippen molar-refractivity contribution in [3.63, 3.8) is 0 Å². The molecule has 1 heterocycles. The van der Waals surface area contributed by atoms with Crippen molar-refractivity contribution in [1.82, 2.24) is 5.32 Å². The highest BCUT2D eigenvalue weighted by Crippen LogP contribution is 2.32. The van der Waals surface area contributed by atoms with E-state index < -0.39 is 10.0 Å². The molecule has 0 aromatic heterocycles. The quantitative estimate of drug-likeness (QED) is 0.802. The fourth-order valence-corrected chi connectivity index (χ4v) is 4.32. The van der Waals surface area contributed by atoms with Crippen molar-refractivity contribution in [2.75, 3.05) is 42.9 Å². The molecule has 152 valence electrons. The summed E-state index contributed by atoms with van der Waals surface area (Å²) in [5.74, 6) is 0.676. The molecule has 1 aliphatic heterocycles. The van der Waals surface area contributed by atoms with Crippen molar-refractivity contribution in [1.29, 1.82) is 0 Å². The first-order valence-corrected chi connectivity index (χ1v) is 11.0. The van der Waals surface area contributed by atoms with Crippen LogP contribution in [-0.2, 0) is 15.4 Å². The van der Waals surface area contributed by atoms with Gasteiger partial charge in [0.2, 0.25) is 0 Å². The zero-order chi connectivity index (χ0) is 20.4. The van der Waals surface area contributed by atoms with Crippen molar-refractivity contribution < 1.29 is 13.2 Å². The fraction of sp³-hybridized carbons (Fsp3) is 0.429. The number of piperazine rings is 1. The molecule has 0 spiro atoms. The van der Waals surface area contributed by atoms with Crippen molar-refractivity contribution in [3.05, 3.63) is 48.0 Å². The van der Waals surface area contributed by atoms with Crippen LogP contribution in [0.25, 0.3) is 0 Å². The van der Waals surface area contributed by atoms with Gasteiger partial charge in [-0.1, -0.05) is 32.9 Å². The molecule has 0 atom stereocenters. The van der Waals surface area contributed by atoms with E-state index in [1.165, 1.54) is 0 Å². The second-order valence-corrected chi connectivity index (χ2v) is 9.69. The number of methoxy groups -OCH3 is 1. The second-order valence-electron chi connectivity index (χ2n) is 8.00. The lowest BCUT2D eigenvalue weighted by atomic mass is 9.87. The summed E-state index contributed by atoms with van der Waals surface area (Å²) in [6, 6.07) is 12.5. The molecule has 1 saturated heterocycles. The van der Waals surface area contributed by atoms with Crippen molar-refractivity contribution in [2.45, 2.75) is 31.1 Å². The minimum absolute atomic E-state index is 0.0194. The third kappa shape index (κ3) is 4.59. The maximum Gasteiger partial charge on any atom is 0.261 e. The Hall–Kier alpha value is -2.25. The van der Waals surface area contributed by atoms with Gasteiger partial charge in [0, 0.05) is 31.9 Å². The summed E-state index contributed by atoms with van der Waals surface area (Å²) in [7, 11) is -2.09. The Morgan fingerprint density at radius 3 is 2.25 bits per heavy atom. The van der Waals surface area contributed by atoms with Gasteiger partial charge in [0.1, 0.15) is 5.75 Å². The predicted molar refractivity (Wildman–Crippen MR) is 114 cm³/mol. The number of benzene rings is 2. The minimum atomic E-state index is -3.70. The molecule has 2 N–H and O–H groups in total. The highest BCUT2D eigenvalue weighted by Gasteiger charge is 2.21. The number of nitrogens with zero attached hydrogens (tertiary/aromatic N) is 1. The van der Waals surface area contributed by atoms with E-state index in [9.17, 15) is 8.42 Å². The topological polar surface area (TPSA) is 70.7 Å². The zero-order valence-corrected chi connectivity index (χ0v) is 17.8. The maximum atomic E-state index is 12.9. The monoisotopic (exact) mass is 403 g/mol. The van der Waals surface area contributed by atoms with E-state index in [0.717, 1.165) is 37.4 Å². The summed E-state index contributed by atoms with van der Waals surface area (Å²) in [4.78, 5) is 2.37. The number of ether oxygens (including phenoxy) is 1. The first-order chi connectivity index (χ1) is 13.2. The van der Waals surface area contributed by atoms with E-state index in [4.69, 9.17) is 4.74 Å². The lowest BCUT2D eigenvalue weighted by Crippen LogP contribution is -2.43. The van der Waals surface area contributed by atoms with Crippen LogP contribution >= 0.6 is 0 Å². The van der Waals surface area contributed by atoms with Crippen LogP contribution in [0.1, 0.15) is 26.3 Å². The lowest BCUT2D eigenvalue weighted by Gasteiger charge is -2.30. The summed E-state index contributed by atoms with van der Waals surface area (Å²) in [6.07, 6.45) is 0. The largest absolute Gasteiger partial charge is 0.495 e. The number of anilines is 2. The first-order valence-electron chi connectivity index (χ1n) is 9.48. The van der Waals surface area contributed by atoms with Crippen LogP contribution in [0.15, 0.2) is 47.4 Å². The highest BCUT2D eigenvalue weighted by atomic mass is 32.2. The van der Waals surface area contributed by atoms with E-state index in [-0.39, 0.29) is 10.3 Å². The molecular formula is C21H29N3O3S. The molecule has 6 nitrogen and oxygen atoms in total. The Morgan fingerprint density at radius 1 is 1.04 bits per heavy atom. The van der Waals surface area contributed by atoms with Crippen molar-refractivity contribution >= 4 is 21.4 Å². The number of sulfonamides is 1. The molecule has 0 bridgehead atoms. The molecule has 1 fully saturated rings. The molecule has 0 amide bonds. The van der Waals surface area contributed by atoms with Gasteiger partial charge in [-0.3, -0.25) is 4.72 Å². The van der Waals surface area contributed by atoms with Gasteiger partial charge in [-0.25, -0.2) is 8.42 Å². The SMILES string of the molecule is COc1ccc(S(=O)(=O)Nc2ccc(C(C)(C)C)cc2)cc1N1CCNCC1. The van der Waals surface area contributed by atoms with E-state index in [0.29, 0.717) is 11.4 Å². The van der Waals surface area contributed by atoms with Gasteiger partial charge >= 0.3 is 0 Å². The molecule has 7 heteroatoms. The van der Waals surface area contributed by atoms with Crippen LogP contribution in [0.3, 0.4) is 0 Å². The number of nitrogens with one attached hydrogen (secondary N) is 2. The Kier molecular flexibility index (Phi) is 5.86. The minimum Gasteiger partial charge on any atom is -0.495 e. The van der Waals surface area contributed by atoms with Crippen LogP contribution in [-0.4, -0.2) is 41.7 Å². The molecule has 2 aromatic carbocycles. The summed E-state index contributed by atoms with van der Waals surface area (Å²) in [5, 5.41) is 3.30. The van der Waals surface area contributed by atoms with Gasteiger partial charge < -0.3 is 15.0 Å². The van der Waals surface area contributed by atoms with Gasteiger partial charge in [-0.05, 0) is 41.3 Å². The summed E-state index contributed by atoms with van der Waals surface area (Å²) >= 11 is 0. The first kappa shape index (κ1) is 20.5. The Morgan fingerprint density at radius 2 is 1.68 bits per heavy atom. The molecule has 28 heavy (non-hydrogen) atoms. The van der Waals surface area contributed by atoms with E-state index >= 15 is 0 Å².